The maximum Gasteiger partial charge on any atom is 0.416 e. The van der Waals surface area contributed by atoms with Gasteiger partial charge in [0.25, 0.3) is 5.69 Å². The second kappa shape index (κ2) is 7.13. The van der Waals surface area contributed by atoms with Crippen molar-refractivity contribution in [3.8, 4) is 0 Å². The predicted octanol–water partition coefficient (Wildman–Crippen LogP) is 3.93. The van der Waals surface area contributed by atoms with Gasteiger partial charge in [-0.2, -0.15) is 13.2 Å². The van der Waals surface area contributed by atoms with Crippen LogP contribution in [0.4, 0.5) is 30.2 Å². The number of hydrazine groups is 1. The van der Waals surface area contributed by atoms with Crippen molar-refractivity contribution in [2.24, 2.45) is 0 Å². The summed E-state index contributed by atoms with van der Waals surface area (Å²) in [4.78, 5) is 10.0. The fourth-order valence-electron chi connectivity index (χ4n) is 1.73. The number of nitrogens with zero attached hydrogens (tertiary/aromatic N) is 1. The van der Waals surface area contributed by atoms with Gasteiger partial charge >= 0.3 is 6.18 Å². The number of alkyl halides is 3. The van der Waals surface area contributed by atoms with Crippen molar-refractivity contribution in [3.63, 3.8) is 0 Å². The SMILES string of the molecule is O=[N+]([O-])c1ccc(NC(=S)NNc2cccc(C(F)(F)F)c2)cc1. The molecule has 0 atom stereocenters. The largest absolute Gasteiger partial charge is 0.416 e. The van der Waals surface area contributed by atoms with E-state index in [0.717, 1.165) is 12.1 Å². The molecule has 24 heavy (non-hydrogen) atoms. The quantitative estimate of drug-likeness (QED) is 0.438. The fraction of sp³-hybridized carbons (Fsp3) is 0.0714. The fourth-order valence-corrected chi connectivity index (χ4v) is 1.90. The molecule has 0 aliphatic rings. The van der Waals surface area contributed by atoms with Gasteiger partial charge in [-0.3, -0.25) is 21.0 Å². The molecule has 2 aromatic rings. The first-order valence-electron chi connectivity index (χ1n) is 6.50. The van der Waals surface area contributed by atoms with E-state index in [-0.39, 0.29) is 16.5 Å². The molecule has 0 heterocycles. The summed E-state index contributed by atoms with van der Waals surface area (Å²) < 4.78 is 37.8. The third kappa shape index (κ3) is 4.81. The maximum absolute atomic E-state index is 12.6. The van der Waals surface area contributed by atoms with Crippen LogP contribution in [0, 0.1) is 10.1 Å². The van der Waals surface area contributed by atoms with Crippen molar-refractivity contribution in [3.05, 3.63) is 64.2 Å². The minimum atomic E-state index is -4.44. The van der Waals surface area contributed by atoms with E-state index in [1.165, 1.54) is 36.4 Å². The van der Waals surface area contributed by atoms with Gasteiger partial charge in [0.2, 0.25) is 0 Å². The summed E-state index contributed by atoms with van der Waals surface area (Å²) >= 11 is 4.99. The molecule has 0 unspecified atom stereocenters. The molecule has 126 valence electrons. The first-order valence-corrected chi connectivity index (χ1v) is 6.91. The molecule has 0 saturated carbocycles. The van der Waals surface area contributed by atoms with Gasteiger partial charge in [0, 0.05) is 17.8 Å². The normalized spacial score (nSPS) is 10.8. The minimum absolute atomic E-state index is 0.0680. The number of rotatable bonds is 4. The lowest BCUT2D eigenvalue weighted by Gasteiger charge is -2.14. The second-order valence-electron chi connectivity index (χ2n) is 4.59. The predicted molar refractivity (Wildman–Crippen MR) is 87.5 cm³/mol. The Morgan fingerprint density at radius 3 is 2.33 bits per heavy atom. The average Bonchev–Trinajstić information content (AvgIpc) is 2.53. The van der Waals surface area contributed by atoms with E-state index in [9.17, 15) is 23.3 Å². The Kier molecular flexibility index (Phi) is 5.19. The van der Waals surface area contributed by atoms with Crippen LogP contribution in [-0.4, -0.2) is 10.0 Å². The van der Waals surface area contributed by atoms with Crippen LogP contribution in [0.2, 0.25) is 0 Å². The smallest absolute Gasteiger partial charge is 0.331 e. The van der Waals surface area contributed by atoms with Crippen LogP contribution in [0.15, 0.2) is 48.5 Å². The molecule has 0 radical (unpaired) electrons. The lowest BCUT2D eigenvalue weighted by molar-refractivity contribution is -0.384. The topological polar surface area (TPSA) is 79.2 Å². The van der Waals surface area contributed by atoms with E-state index in [0.29, 0.717) is 5.69 Å². The number of anilines is 2. The molecule has 0 fully saturated rings. The van der Waals surface area contributed by atoms with Crippen LogP contribution in [0.25, 0.3) is 0 Å². The summed E-state index contributed by atoms with van der Waals surface area (Å²) in [6, 6.07) is 10.1. The van der Waals surface area contributed by atoms with Crippen molar-refractivity contribution < 1.29 is 18.1 Å². The van der Waals surface area contributed by atoms with E-state index < -0.39 is 16.7 Å². The Hall–Kier alpha value is -2.88. The van der Waals surface area contributed by atoms with Crippen molar-refractivity contribution in [1.29, 1.82) is 0 Å². The summed E-state index contributed by atoms with van der Waals surface area (Å²) in [5.41, 5.74) is 4.89. The Balaban J connectivity index is 1.92. The molecule has 3 N–H and O–H groups in total. The van der Waals surface area contributed by atoms with E-state index in [1.54, 1.807) is 0 Å². The third-order valence-electron chi connectivity index (χ3n) is 2.85. The Morgan fingerprint density at radius 1 is 1.08 bits per heavy atom. The minimum Gasteiger partial charge on any atom is -0.331 e. The van der Waals surface area contributed by atoms with Crippen molar-refractivity contribution in [2.45, 2.75) is 6.18 Å². The molecule has 0 amide bonds. The number of benzene rings is 2. The zero-order valence-electron chi connectivity index (χ0n) is 11.9. The lowest BCUT2D eigenvalue weighted by atomic mass is 10.2. The molecular weight excluding hydrogens is 345 g/mol. The molecular formula is C14H11F3N4O2S. The molecule has 0 spiro atoms. The van der Waals surface area contributed by atoms with Gasteiger partial charge in [-0.15, -0.1) is 0 Å². The highest BCUT2D eigenvalue weighted by Gasteiger charge is 2.30. The first kappa shape index (κ1) is 17.5. The summed E-state index contributed by atoms with van der Waals surface area (Å²) in [5, 5.41) is 13.4. The molecule has 0 aromatic heterocycles. The molecule has 2 aromatic carbocycles. The monoisotopic (exact) mass is 356 g/mol. The highest BCUT2D eigenvalue weighted by Crippen LogP contribution is 2.30. The number of non-ortho nitro benzene ring substituents is 1. The Labute approximate surface area is 139 Å². The molecule has 10 heteroatoms. The molecule has 0 aliphatic carbocycles. The van der Waals surface area contributed by atoms with Crippen LogP contribution in [-0.2, 0) is 6.18 Å². The molecule has 6 nitrogen and oxygen atoms in total. The Morgan fingerprint density at radius 2 is 1.75 bits per heavy atom. The summed E-state index contributed by atoms with van der Waals surface area (Å²) in [7, 11) is 0. The lowest BCUT2D eigenvalue weighted by Crippen LogP contribution is -2.33. The van der Waals surface area contributed by atoms with Crippen LogP contribution in [0.3, 0.4) is 0 Å². The highest BCUT2D eigenvalue weighted by atomic mass is 32.1. The highest BCUT2D eigenvalue weighted by molar-refractivity contribution is 7.80. The molecule has 0 aliphatic heterocycles. The van der Waals surface area contributed by atoms with Gasteiger partial charge < -0.3 is 5.32 Å². The number of halogens is 3. The zero-order valence-corrected chi connectivity index (χ0v) is 12.7. The first-order chi connectivity index (χ1) is 11.3. The average molecular weight is 356 g/mol. The van der Waals surface area contributed by atoms with Crippen molar-refractivity contribution in [1.82, 2.24) is 5.43 Å². The van der Waals surface area contributed by atoms with E-state index in [1.807, 2.05) is 0 Å². The molecule has 0 bridgehead atoms. The van der Waals surface area contributed by atoms with Gasteiger partial charge in [-0.05, 0) is 42.5 Å². The number of hydrogen-bond acceptors (Lipinski definition) is 4. The summed E-state index contributed by atoms with van der Waals surface area (Å²) in [5.74, 6) is 0. The van der Waals surface area contributed by atoms with Crippen molar-refractivity contribution in [2.75, 3.05) is 10.7 Å². The number of thiocarbonyl (C=S) groups is 1. The summed E-state index contributed by atoms with van der Waals surface area (Å²) in [6.07, 6.45) is -4.44. The van der Waals surface area contributed by atoms with Gasteiger partial charge in [0.1, 0.15) is 0 Å². The van der Waals surface area contributed by atoms with Crippen LogP contribution >= 0.6 is 12.2 Å². The van der Waals surface area contributed by atoms with Crippen LogP contribution in [0.5, 0.6) is 0 Å². The number of nitrogens with one attached hydrogen (secondary N) is 3. The van der Waals surface area contributed by atoms with E-state index in [2.05, 4.69) is 16.2 Å². The standard InChI is InChI=1S/C14H11F3N4O2S/c15-14(16,17)9-2-1-3-11(8-9)19-20-13(24)18-10-4-6-12(7-5-10)21(22)23/h1-8,19H,(H2,18,20,24). The Bertz CT molecular complexity index is 750. The maximum atomic E-state index is 12.6. The molecule has 2 rings (SSSR count). The van der Waals surface area contributed by atoms with Crippen LogP contribution < -0.4 is 16.2 Å². The van der Waals surface area contributed by atoms with Gasteiger partial charge in [-0.25, -0.2) is 0 Å². The number of nitro benzene ring substituents is 1. The van der Waals surface area contributed by atoms with E-state index in [4.69, 9.17) is 12.2 Å². The van der Waals surface area contributed by atoms with E-state index >= 15 is 0 Å². The third-order valence-corrected chi connectivity index (χ3v) is 3.05. The van der Waals surface area contributed by atoms with Crippen LogP contribution in [0.1, 0.15) is 5.56 Å². The van der Waals surface area contributed by atoms with Gasteiger partial charge in [0.15, 0.2) is 5.11 Å². The van der Waals surface area contributed by atoms with Gasteiger partial charge in [-0.1, -0.05) is 6.07 Å². The summed E-state index contributed by atoms with van der Waals surface area (Å²) in [6.45, 7) is 0. The second-order valence-corrected chi connectivity index (χ2v) is 4.99. The van der Waals surface area contributed by atoms with Crippen molar-refractivity contribution >= 4 is 34.4 Å². The number of hydrogen-bond donors (Lipinski definition) is 3. The van der Waals surface area contributed by atoms with Gasteiger partial charge in [0.05, 0.1) is 16.2 Å². The number of nitro groups is 1. The zero-order chi connectivity index (χ0) is 17.7. The molecule has 0 saturated heterocycles.